The molecule has 0 aliphatic carbocycles. The smallest absolute Gasteiger partial charge is 0.323 e. The van der Waals surface area contributed by atoms with Gasteiger partial charge in [-0.2, -0.15) is 0 Å². The average Bonchev–Trinajstić information content (AvgIpc) is 2.60. The largest absolute Gasteiger partial charge is 0.461 e. The minimum atomic E-state index is -0.514. The van der Waals surface area contributed by atoms with Gasteiger partial charge in [-0.25, -0.2) is 0 Å². The van der Waals surface area contributed by atoms with E-state index in [1.54, 1.807) is 0 Å². The first kappa shape index (κ1) is 18.0. The Hall–Kier alpha value is -1.39. The summed E-state index contributed by atoms with van der Waals surface area (Å²) in [5.41, 5.74) is 7.15. The normalized spacial score (nSPS) is 29.3. The number of esters is 1. The molecule has 2 N–H and O–H groups in total. The number of benzene rings is 1. The fourth-order valence-electron chi connectivity index (χ4n) is 3.19. The van der Waals surface area contributed by atoms with Crippen molar-refractivity contribution < 1.29 is 14.3 Å². The lowest BCUT2D eigenvalue weighted by atomic mass is 9.87. The minimum Gasteiger partial charge on any atom is -0.461 e. The maximum atomic E-state index is 12.1. The molecule has 0 aromatic heterocycles. The third-order valence-corrected chi connectivity index (χ3v) is 4.54. The van der Waals surface area contributed by atoms with Crippen molar-refractivity contribution in [1.29, 1.82) is 0 Å². The lowest BCUT2D eigenvalue weighted by molar-refractivity contribution is -0.154. The van der Waals surface area contributed by atoms with E-state index in [0.717, 1.165) is 32.3 Å². The van der Waals surface area contributed by atoms with Gasteiger partial charge in [-0.15, -0.1) is 0 Å². The third kappa shape index (κ3) is 5.33. The Morgan fingerprint density at radius 3 is 2.70 bits per heavy atom. The van der Waals surface area contributed by atoms with Gasteiger partial charge in [0.25, 0.3) is 0 Å². The summed E-state index contributed by atoms with van der Waals surface area (Å²) in [4.78, 5) is 12.1. The van der Waals surface area contributed by atoms with Crippen LogP contribution in [0.2, 0.25) is 0 Å². The molecule has 1 aliphatic heterocycles. The van der Waals surface area contributed by atoms with Crippen molar-refractivity contribution in [3.05, 3.63) is 35.9 Å². The Kier molecular flexibility index (Phi) is 7.06. The van der Waals surface area contributed by atoms with E-state index in [9.17, 15) is 4.79 Å². The fourth-order valence-corrected chi connectivity index (χ4v) is 3.19. The fraction of sp³-hybridized carbons (Fsp3) is 0.632. The Bertz CT molecular complexity index is 477. The summed E-state index contributed by atoms with van der Waals surface area (Å²) in [6, 6.07) is 9.81. The zero-order chi connectivity index (χ0) is 16.7. The molecule has 0 amide bonds. The number of hydrogen-bond acceptors (Lipinski definition) is 4. The number of rotatable bonds is 5. The number of carbonyl (C=O) groups excluding carboxylic acids is 1. The quantitative estimate of drug-likeness (QED) is 0.847. The molecule has 1 aliphatic rings. The van der Waals surface area contributed by atoms with Gasteiger partial charge in [0.05, 0.1) is 6.10 Å². The molecule has 4 unspecified atom stereocenters. The van der Waals surface area contributed by atoms with Gasteiger partial charge in [0.2, 0.25) is 0 Å². The summed E-state index contributed by atoms with van der Waals surface area (Å²) in [6.45, 7) is 4.81. The maximum Gasteiger partial charge on any atom is 0.323 e. The Labute approximate surface area is 139 Å². The summed E-state index contributed by atoms with van der Waals surface area (Å²) < 4.78 is 11.8. The monoisotopic (exact) mass is 319 g/mol. The van der Waals surface area contributed by atoms with E-state index in [4.69, 9.17) is 15.2 Å². The molecule has 1 heterocycles. The van der Waals surface area contributed by atoms with Gasteiger partial charge in [-0.1, -0.05) is 37.3 Å². The van der Waals surface area contributed by atoms with Crippen LogP contribution in [-0.2, 0) is 20.7 Å². The van der Waals surface area contributed by atoms with E-state index >= 15 is 0 Å². The molecule has 23 heavy (non-hydrogen) atoms. The Morgan fingerprint density at radius 2 is 2.00 bits per heavy atom. The third-order valence-electron chi connectivity index (χ3n) is 4.54. The summed E-state index contributed by atoms with van der Waals surface area (Å²) in [5.74, 6) is -0.134. The van der Waals surface area contributed by atoms with Crippen LogP contribution in [0.5, 0.6) is 0 Å². The first-order chi connectivity index (χ1) is 11.1. The Balaban J connectivity index is 2.18. The number of cyclic esters (lactones) is 1. The molecule has 1 aromatic rings. The van der Waals surface area contributed by atoms with Gasteiger partial charge in [0.15, 0.2) is 0 Å². The predicted molar refractivity (Wildman–Crippen MR) is 91.0 cm³/mol. The van der Waals surface area contributed by atoms with E-state index in [1.165, 1.54) is 5.56 Å². The highest BCUT2D eigenvalue weighted by Gasteiger charge is 2.33. The van der Waals surface area contributed by atoms with E-state index < -0.39 is 6.04 Å². The van der Waals surface area contributed by atoms with Crippen LogP contribution in [0, 0.1) is 5.92 Å². The highest BCUT2D eigenvalue weighted by molar-refractivity contribution is 5.75. The molecule has 1 saturated heterocycles. The molecule has 4 atom stereocenters. The minimum absolute atomic E-state index is 0.100. The number of carbonyl (C=O) groups is 1. The van der Waals surface area contributed by atoms with Gasteiger partial charge in [0.1, 0.15) is 12.1 Å². The van der Waals surface area contributed by atoms with Gasteiger partial charge in [0, 0.05) is 12.5 Å². The van der Waals surface area contributed by atoms with E-state index in [0.29, 0.717) is 6.42 Å². The van der Waals surface area contributed by atoms with Crippen LogP contribution in [0.3, 0.4) is 0 Å². The summed E-state index contributed by atoms with van der Waals surface area (Å²) in [5, 5.41) is 0. The van der Waals surface area contributed by atoms with Crippen molar-refractivity contribution >= 4 is 5.97 Å². The van der Waals surface area contributed by atoms with E-state index in [2.05, 4.69) is 19.1 Å². The van der Waals surface area contributed by atoms with Gasteiger partial charge < -0.3 is 15.2 Å². The summed E-state index contributed by atoms with van der Waals surface area (Å²) in [7, 11) is 0. The number of nitrogens with two attached hydrogens (primary N) is 1. The zero-order valence-electron chi connectivity index (χ0n) is 14.2. The average molecular weight is 319 g/mol. The second-order valence-corrected chi connectivity index (χ2v) is 6.44. The van der Waals surface area contributed by atoms with Crippen molar-refractivity contribution in [2.24, 2.45) is 11.7 Å². The number of hydrogen-bond donors (Lipinski definition) is 1. The van der Waals surface area contributed by atoms with Crippen molar-refractivity contribution in [3.63, 3.8) is 0 Å². The molecule has 4 nitrogen and oxygen atoms in total. The van der Waals surface area contributed by atoms with Crippen LogP contribution in [0.1, 0.15) is 45.1 Å². The van der Waals surface area contributed by atoms with E-state index in [1.807, 2.05) is 25.1 Å². The molecular weight excluding hydrogens is 290 g/mol. The second-order valence-electron chi connectivity index (χ2n) is 6.44. The van der Waals surface area contributed by atoms with Crippen LogP contribution < -0.4 is 5.73 Å². The van der Waals surface area contributed by atoms with Crippen LogP contribution in [0.15, 0.2) is 30.3 Å². The summed E-state index contributed by atoms with van der Waals surface area (Å²) >= 11 is 0. The topological polar surface area (TPSA) is 61.5 Å². The molecule has 1 aromatic carbocycles. The van der Waals surface area contributed by atoms with Crippen LogP contribution in [0.25, 0.3) is 0 Å². The second kappa shape index (κ2) is 9.04. The maximum absolute atomic E-state index is 12.1. The van der Waals surface area contributed by atoms with E-state index in [-0.39, 0.29) is 24.1 Å². The van der Waals surface area contributed by atoms with Crippen molar-refractivity contribution in [1.82, 2.24) is 0 Å². The lowest BCUT2D eigenvalue weighted by Gasteiger charge is -2.31. The molecule has 0 spiro atoms. The lowest BCUT2D eigenvalue weighted by Crippen LogP contribution is -2.39. The highest BCUT2D eigenvalue weighted by Crippen LogP contribution is 2.27. The predicted octanol–water partition coefficient (Wildman–Crippen LogP) is 3.08. The Morgan fingerprint density at radius 1 is 1.26 bits per heavy atom. The highest BCUT2D eigenvalue weighted by atomic mass is 16.5. The van der Waals surface area contributed by atoms with Crippen molar-refractivity contribution in [2.75, 3.05) is 6.61 Å². The molecule has 0 saturated carbocycles. The first-order valence-electron chi connectivity index (χ1n) is 8.73. The molecule has 2 rings (SSSR count). The van der Waals surface area contributed by atoms with Crippen LogP contribution in [0.4, 0.5) is 0 Å². The summed E-state index contributed by atoms with van der Waals surface area (Å²) in [6.07, 6.45) is 4.21. The first-order valence-corrected chi connectivity index (χ1v) is 8.73. The van der Waals surface area contributed by atoms with Crippen LogP contribution in [-0.4, -0.2) is 30.8 Å². The molecule has 1 fully saturated rings. The number of ether oxygens (including phenoxy) is 2. The van der Waals surface area contributed by atoms with Gasteiger partial charge in [-0.05, 0) is 44.6 Å². The van der Waals surface area contributed by atoms with Crippen molar-refractivity contribution in [2.45, 2.75) is 64.2 Å². The molecule has 4 heteroatoms. The molecule has 128 valence electrons. The SMILES string of the molecule is CCCOC1CCCC(N)C(=O)OC(C)C1Cc1ccccc1. The van der Waals surface area contributed by atoms with Gasteiger partial charge in [-0.3, -0.25) is 4.79 Å². The zero-order valence-corrected chi connectivity index (χ0v) is 14.2. The molecule has 0 bridgehead atoms. The van der Waals surface area contributed by atoms with Gasteiger partial charge >= 0.3 is 5.97 Å². The molecule has 0 radical (unpaired) electrons. The molecular formula is C19H29NO3. The van der Waals surface area contributed by atoms with Crippen LogP contribution >= 0.6 is 0 Å². The standard InChI is InChI=1S/C19H29NO3/c1-3-12-22-18-11-7-10-17(20)19(21)23-14(2)16(18)13-15-8-5-4-6-9-15/h4-6,8-9,14,16-18H,3,7,10-13,20H2,1-2H3. The van der Waals surface area contributed by atoms with Crippen molar-refractivity contribution in [3.8, 4) is 0 Å².